The number of halogens is 1. The first-order valence-corrected chi connectivity index (χ1v) is 11.3. The van der Waals surface area contributed by atoms with Gasteiger partial charge in [0.25, 0.3) is 5.91 Å². The van der Waals surface area contributed by atoms with Crippen LogP contribution >= 0.6 is 11.6 Å². The van der Waals surface area contributed by atoms with Crippen LogP contribution in [0.4, 0.5) is 5.69 Å². The number of anilines is 1. The number of nitrogens with zero attached hydrogens (tertiary/aromatic N) is 2. The summed E-state index contributed by atoms with van der Waals surface area (Å²) in [6.07, 6.45) is 7.01. The standard InChI is InChI=1S/C24H26ClN3O3/c1-15-17(25)9-6-10-18(15)28-22(29)20-13-21-19(11-12-31-21)27(20)14-24(28,2)23(30)26-16-7-4-3-5-8-16/h6,9-13,16H,3-5,7-8,14H2,1-2H3,(H,26,30)/t24-/m1/s1. The van der Waals surface area contributed by atoms with Crippen molar-refractivity contribution in [2.75, 3.05) is 4.90 Å². The van der Waals surface area contributed by atoms with E-state index in [0.717, 1.165) is 36.8 Å². The van der Waals surface area contributed by atoms with Gasteiger partial charge in [-0.05, 0) is 44.4 Å². The Morgan fingerprint density at radius 2 is 2.00 bits per heavy atom. The van der Waals surface area contributed by atoms with Gasteiger partial charge in [0.15, 0.2) is 5.58 Å². The number of benzene rings is 1. The maximum Gasteiger partial charge on any atom is 0.276 e. The predicted molar refractivity (Wildman–Crippen MR) is 121 cm³/mol. The molecule has 0 bridgehead atoms. The van der Waals surface area contributed by atoms with Crippen LogP contribution in [0.15, 0.2) is 41.0 Å². The molecule has 2 amide bonds. The van der Waals surface area contributed by atoms with Crippen molar-refractivity contribution in [3.63, 3.8) is 0 Å². The Kier molecular flexibility index (Phi) is 4.85. The average Bonchev–Trinajstić information content (AvgIpc) is 3.34. The minimum atomic E-state index is -1.11. The molecule has 6 nitrogen and oxygen atoms in total. The summed E-state index contributed by atoms with van der Waals surface area (Å²) in [6, 6.07) is 9.21. The van der Waals surface area contributed by atoms with Crippen molar-refractivity contribution in [2.45, 2.75) is 64.1 Å². The zero-order valence-corrected chi connectivity index (χ0v) is 18.5. The molecule has 3 aromatic rings. The fourth-order valence-corrected chi connectivity index (χ4v) is 5.19. The molecule has 1 atom stereocenters. The van der Waals surface area contributed by atoms with Gasteiger partial charge < -0.3 is 14.3 Å². The smallest absolute Gasteiger partial charge is 0.276 e. The lowest BCUT2D eigenvalue weighted by molar-refractivity contribution is -0.127. The number of hydrogen-bond acceptors (Lipinski definition) is 3. The van der Waals surface area contributed by atoms with E-state index in [9.17, 15) is 9.59 Å². The highest BCUT2D eigenvalue weighted by atomic mass is 35.5. The molecular weight excluding hydrogens is 414 g/mol. The largest absolute Gasteiger partial charge is 0.463 e. The Morgan fingerprint density at radius 3 is 2.77 bits per heavy atom. The number of nitrogens with one attached hydrogen (secondary N) is 1. The van der Waals surface area contributed by atoms with Crippen LogP contribution in [0.5, 0.6) is 0 Å². The summed E-state index contributed by atoms with van der Waals surface area (Å²) >= 11 is 6.40. The molecule has 2 aliphatic rings. The van der Waals surface area contributed by atoms with E-state index in [1.807, 2.05) is 36.6 Å². The van der Waals surface area contributed by atoms with Gasteiger partial charge in [0, 0.05) is 28.9 Å². The van der Waals surface area contributed by atoms with E-state index in [4.69, 9.17) is 16.0 Å². The second-order valence-corrected chi connectivity index (χ2v) is 9.30. The van der Waals surface area contributed by atoms with E-state index < -0.39 is 5.54 Å². The van der Waals surface area contributed by atoms with Crippen molar-refractivity contribution < 1.29 is 14.0 Å². The van der Waals surface area contributed by atoms with Crippen molar-refractivity contribution in [1.29, 1.82) is 0 Å². The Bertz CT molecular complexity index is 1170. The van der Waals surface area contributed by atoms with E-state index in [0.29, 0.717) is 28.5 Å². The van der Waals surface area contributed by atoms with E-state index in [1.165, 1.54) is 6.42 Å². The molecule has 1 aliphatic carbocycles. The molecule has 0 unspecified atom stereocenters. The Hall–Kier alpha value is -2.73. The van der Waals surface area contributed by atoms with E-state index in [1.54, 1.807) is 23.3 Å². The lowest BCUT2D eigenvalue weighted by Crippen LogP contribution is -2.65. The molecule has 1 fully saturated rings. The topological polar surface area (TPSA) is 67.5 Å². The highest BCUT2D eigenvalue weighted by molar-refractivity contribution is 6.32. The first-order valence-electron chi connectivity index (χ1n) is 10.9. The van der Waals surface area contributed by atoms with Crippen LogP contribution in [0.25, 0.3) is 11.1 Å². The van der Waals surface area contributed by atoms with Crippen molar-refractivity contribution in [2.24, 2.45) is 0 Å². The van der Waals surface area contributed by atoms with Gasteiger partial charge in [-0.2, -0.15) is 0 Å². The predicted octanol–water partition coefficient (Wildman–Crippen LogP) is 5.06. The van der Waals surface area contributed by atoms with Crippen LogP contribution in [-0.4, -0.2) is 28.0 Å². The first kappa shape index (κ1) is 20.2. The average molecular weight is 440 g/mol. The minimum Gasteiger partial charge on any atom is -0.463 e. The molecule has 5 rings (SSSR count). The number of amides is 2. The Balaban J connectivity index is 1.63. The summed E-state index contributed by atoms with van der Waals surface area (Å²) < 4.78 is 7.44. The van der Waals surface area contributed by atoms with Crippen molar-refractivity contribution >= 4 is 40.2 Å². The van der Waals surface area contributed by atoms with Crippen LogP contribution in [0.2, 0.25) is 5.02 Å². The number of carbonyl (C=O) groups is 2. The van der Waals surface area contributed by atoms with Gasteiger partial charge in [-0.25, -0.2) is 0 Å². The molecule has 1 aliphatic heterocycles. The quantitative estimate of drug-likeness (QED) is 0.619. The highest BCUT2D eigenvalue weighted by Crippen LogP contribution is 2.39. The lowest BCUT2D eigenvalue weighted by atomic mass is 9.90. The van der Waals surface area contributed by atoms with Gasteiger partial charge in [0.1, 0.15) is 11.2 Å². The first-order chi connectivity index (χ1) is 14.9. The van der Waals surface area contributed by atoms with E-state index >= 15 is 0 Å². The maximum absolute atomic E-state index is 13.8. The van der Waals surface area contributed by atoms with Crippen LogP contribution in [0.1, 0.15) is 55.1 Å². The molecule has 7 heteroatoms. The Morgan fingerprint density at radius 1 is 1.23 bits per heavy atom. The molecule has 1 saturated carbocycles. The minimum absolute atomic E-state index is 0.136. The van der Waals surface area contributed by atoms with Crippen LogP contribution in [0, 0.1) is 6.92 Å². The number of aromatic nitrogens is 1. The number of fused-ring (bicyclic) bond motifs is 3. The van der Waals surface area contributed by atoms with Gasteiger partial charge in [-0.3, -0.25) is 14.5 Å². The van der Waals surface area contributed by atoms with Crippen molar-refractivity contribution in [3.05, 3.63) is 52.9 Å². The molecule has 1 N–H and O–H groups in total. The summed E-state index contributed by atoms with van der Waals surface area (Å²) in [5.74, 6) is -0.368. The molecule has 1 aromatic carbocycles. The summed E-state index contributed by atoms with van der Waals surface area (Å²) in [5, 5.41) is 3.81. The van der Waals surface area contributed by atoms with Gasteiger partial charge >= 0.3 is 0 Å². The van der Waals surface area contributed by atoms with Crippen LogP contribution in [-0.2, 0) is 11.3 Å². The lowest BCUT2D eigenvalue weighted by Gasteiger charge is -2.45. The SMILES string of the molecule is Cc1c(Cl)cccc1N1C(=O)c2cc3occc3n2C[C@]1(C)C(=O)NC1CCCCC1. The second kappa shape index (κ2) is 7.45. The Labute approximate surface area is 186 Å². The highest BCUT2D eigenvalue weighted by Gasteiger charge is 2.49. The zero-order chi connectivity index (χ0) is 21.8. The summed E-state index contributed by atoms with van der Waals surface area (Å²) in [7, 11) is 0. The third-order valence-electron chi connectivity index (χ3n) is 6.81. The van der Waals surface area contributed by atoms with Gasteiger partial charge in [0.05, 0.1) is 18.3 Å². The fraction of sp³-hybridized carbons (Fsp3) is 0.417. The molecule has 0 saturated heterocycles. The molecule has 31 heavy (non-hydrogen) atoms. The molecule has 0 radical (unpaired) electrons. The monoisotopic (exact) mass is 439 g/mol. The van der Waals surface area contributed by atoms with E-state index in [2.05, 4.69) is 5.32 Å². The number of furan rings is 1. The third-order valence-corrected chi connectivity index (χ3v) is 7.22. The van der Waals surface area contributed by atoms with Crippen LogP contribution < -0.4 is 10.2 Å². The zero-order valence-electron chi connectivity index (χ0n) is 17.8. The second-order valence-electron chi connectivity index (χ2n) is 8.89. The molecular formula is C24H26ClN3O3. The third kappa shape index (κ3) is 3.16. The summed E-state index contributed by atoms with van der Waals surface area (Å²) in [4.78, 5) is 29.2. The maximum atomic E-state index is 13.8. The fourth-order valence-electron chi connectivity index (χ4n) is 5.02. The molecule has 2 aromatic heterocycles. The van der Waals surface area contributed by atoms with Crippen molar-refractivity contribution in [1.82, 2.24) is 9.88 Å². The van der Waals surface area contributed by atoms with Gasteiger partial charge in [-0.15, -0.1) is 0 Å². The number of carbonyl (C=O) groups excluding carboxylic acids is 2. The number of rotatable bonds is 3. The number of hydrogen-bond donors (Lipinski definition) is 1. The molecule has 0 spiro atoms. The summed E-state index contributed by atoms with van der Waals surface area (Å²) in [5.41, 5.74) is 2.29. The van der Waals surface area contributed by atoms with Crippen LogP contribution in [0.3, 0.4) is 0 Å². The molecule has 3 heterocycles. The van der Waals surface area contributed by atoms with Gasteiger partial charge in [0.2, 0.25) is 5.91 Å². The normalized spacial score (nSPS) is 22.0. The van der Waals surface area contributed by atoms with Gasteiger partial charge in [-0.1, -0.05) is 36.9 Å². The molecule has 162 valence electrons. The van der Waals surface area contributed by atoms with E-state index in [-0.39, 0.29) is 17.9 Å². The van der Waals surface area contributed by atoms with Crippen molar-refractivity contribution in [3.8, 4) is 0 Å². The summed E-state index contributed by atoms with van der Waals surface area (Å²) in [6.45, 7) is 4.06.